The highest BCUT2D eigenvalue weighted by atomic mass is 19.2. The van der Waals surface area contributed by atoms with E-state index in [1.165, 1.54) is 18.3 Å². The zero-order valence-corrected chi connectivity index (χ0v) is 10.7. The van der Waals surface area contributed by atoms with Gasteiger partial charge in [-0.05, 0) is 30.3 Å². The summed E-state index contributed by atoms with van der Waals surface area (Å²) >= 11 is 0. The van der Waals surface area contributed by atoms with Crippen LogP contribution in [0.1, 0.15) is 0 Å². The third-order valence-corrected chi connectivity index (χ3v) is 3.09. The highest BCUT2D eigenvalue weighted by Gasteiger charge is 2.15. The average molecular weight is 289 g/mol. The summed E-state index contributed by atoms with van der Waals surface area (Å²) in [6.07, 6.45) is 1.47. The lowest BCUT2D eigenvalue weighted by atomic mass is 10.1. The Balaban J connectivity index is 2.19. The number of fused-ring (bicyclic) bond motifs is 1. The first-order chi connectivity index (χ1) is 10.1. The molecule has 0 aliphatic rings. The second kappa shape index (κ2) is 4.97. The molecule has 6 heteroatoms. The Bertz CT molecular complexity index is 834. The Morgan fingerprint density at radius 1 is 1.00 bits per heavy atom. The molecule has 1 aromatic heterocycles. The van der Waals surface area contributed by atoms with Crippen molar-refractivity contribution in [2.24, 2.45) is 0 Å². The van der Waals surface area contributed by atoms with Gasteiger partial charge in [0.25, 0.3) is 0 Å². The van der Waals surface area contributed by atoms with Gasteiger partial charge in [-0.15, -0.1) is 0 Å². The van der Waals surface area contributed by atoms with Gasteiger partial charge in [0.05, 0.1) is 11.2 Å². The van der Waals surface area contributed by atoms with Gasteiger partial charge < -0.3 is 11.1 Å². The summed E-state index contributed by atoms with van der Waals surface area (Å²) < 4.78 is 41.0. The number of anilines is 3. The summed E-state index contributed by atoms with van der Waals surface area (Å²) in [4.78, 5) is 4.05. The zero-order chi connectivity index (χ0) is 15.0. The molecule has 0 saturated carbocycles. The first kappa shape index (κ1) is 13.2. The quantitative estimate of drug-likeness (QED) is 0.702. The molecule has 0 aliphatic heterocycles. The Labute approximate surface area is 118 Å². The number of nitrogen functional groups attached to an aromatic ring is 1. The van der Waals surface area contributed by atoms with E-state index in [-0.39, 0.29) is 22.6 Å². The third-order valence-electron chi connectivity index (χ3n) is 3.09. The molecule has 0 unspecified atom stereocenters. The van der Waals surface area contributed by atoms with Crippen molar-refractivity contribution in [3.05, 3.63) is 60.0 Å². The van der Waals surface area contributed by atoms with E-state index in [4.69, 9.17) is 5.73 Å². The number of benzene rings is 2. The Kier molecular flexibility index (Phi) is 3.13. The largest absolute Gasteiger partial charge is 0.398 e. The molecule has 3 nitrogen and oxygen atoms in total. The number of pyridine rings is 1. The molecule has 0 saturated heterocycles. The summed E-state index contributed by atoms with van der Waals surface area (Å²) in [6, 6.07) is 8.06. The number of hydrogen-bond acceptors (Lipinski definition) is 3. The number of aromatic nitrogens is 1. The topological polar surface area (TPSA) is 50.9 Å². The standard InChI is InChI=1S/C15H10F3N3/c16-9-4-1-5-12(13(9)18)21-15-10(17)7-11(19)8-3-2-6-20-14(8)15/h1-7,21H,19H2. The van der Waals surface area contributed by atoms with Gasteiger partial charge in [0.2, 0.25) is 0 Å². The van der Waals surface area contributed by atoms with E-state index >= 15 is 0 Å². The Morgan fingerprint density at radius 2 is 1.81 bits per heavy atom. The number of halogens is 3. The monoisotopic (exact) mass is 289 g/mol. The zero-order valence-electron chi connectivity index (χ0n) is 10.7. The van der Waals surface area contributed by atoms with Gasteiger partial charge in [0.15, 0.2) is 17.5 Å². The molecule has 2 aromatic carbocycles. The number of nitrogens with two attached hydrogens (primary N) is 1. The van der Waals surface area contributed by atoms with Crippen LogP contribution < -0.4 is 11.1 Å². The molecule has 0 spiro atoms. The second-order valence-electron chi connectivity index (χ2n) is 4.45. The predicted octanol–water partition coefficient (Wildman–Crippen LogP) is 3.98. The van der Waals surface area contributed by atoms with Crippen LogP contribution in [0.3, 0.4) is 0 Å². The molecule has 106 valence electrons. The van der Waals surface area contributed by atoms with Crippen LogP contribution in [0, 0.1) is 17.5 Å². The minimum absolute atomic E-state index is 0.0516. The lowest BCUT2D eigenvalue weighted by molar-refractivity contribution is 0.511. The smallest absolute Gasteiger partial charge is 0.182 e. The van der Waals surface area contributed by atoms with Gasteiger partial charge >= 0.3 is 0 Å². The maximum Gasteiger partial charge on any atom is 0.182 e. The van der Waals surface area contributed by atoms with Crippen molar-refractivity contribution in [2.45, 2.75) is 0 Å². The molecule has 0 atom stereocenters. The lowest BCUT2D eigenvalue weighted by Crippen LogP contribution is -2.01. The fourth-order valence-electron chi connectivity index (χ4n) is 2.09. The number of rotatable bonds is 2. The van der Waals surface area contributed by atoms with Crippen molar-refractivity contribution in [1.82, 2.24) is 4.98 Å². The highest BCUT2D eigenvalue weighted by molar-refractivity contribution is 5.99. The molecule has 3 aromatic rings. The maximum atomic E-state index is 14.1. The van der Waals surface area contributed by atoms with Crippen molar-refractivity contribution >= 4 is 28.0 Å². The van der Waals surface area contributed by atoms with Gasteiger partial charge in [-0.2, -0.15) is 0 Å². The molecule has 3 rings (SSSR count). The molecule has 3 N–H and O–H groups in total. The van der Waals surface area contributed by atoms with Gasteiger partial charge in [-0.1, -0.05) is 6.07 Å². The van der Waals surface area contributed by atoms with Crippen LogP contribution in [-0.4, -0.2) is 4.98 Å². The molecule has 0 aliphatic carbocycles. The molecule has 0 fully saturated rings. The van der Waals surface area contributed by atoms with Crippen LogP contribution in [0.25, 0.3) is 10.9 Å². The van der Waals surface area contributed by atoms with E-state index in [0.717, 1.165) is 12.1 Å². The van der Waals surface area contributed by atoms with E-state index in [9.17, 15) is 13.2 Å². The van der Waals surface area contributed by atoms with Crippen LogP contribution in [0.15, 0.2) is 42.6 Å². The van der Waals surface area contributed by atoms with Crippen molar-refractivity contribution in [3.8, 4) is 0 Å². The maximum absolute atomic E-state index is 14.1. The minimum Gasteiger partial charge on any atom is -0.398 e. The summed E-state index contributed by atoms with van der Waals surface area (Å²) in [6.45, 7) is 0. The average Bonchev–Trinajstić information content (AvgIpc) is 2.47. The van der Waals surface area contributed by atoms with E-state index < -0.39 is 17.5 Å². The third kappa shape index (κ3) is 2.24. The van der Waals surface area contributed by atoms with Crippen LogP contribution in [0.4, 0.5) is 30.2 Å². The first-order valence-corrected chi connectivity index (χ1v) is 6.11. The lowest BCUT2D eigenvalue weighted by Gasteiger charge is -2.12. The van der Waals surface area contributed by atoms with Crippen molar-refractivity contribution < 1.29 is 13.2 Å². The Morgan fingerprint density at radius 3 is 2.62 bits per heavy atom. The van der Waals surface area contributed by atoms with Gasteiger partial charge in [0.1, 0.15) is 5.69 Å². The van der Waals surface area contributed by atoms with Crippen LogP contribution in [0.2, 0.25) is 0 Å². The molecular formula is C15H10F3N3. The fourth-order valence-corrected chi connectivity index (χ4v) is 2.09. The van der Waals surface area contributed by atoms with Crippen LogP contribution >= 0.6 is 0 Å². The highest BCUT2D eigenvalue weighted by Crippen LogP contribution is 2.32. The normalized spacial score (nSPS) is 10.8. The Hall–Kier alpha value is -2.76. The molecule has 1 heterocycles. The molecule has 0 radical (unpaired) electrons. The van der Waals surface area contributed by atoms with Crippen LogP contribution in [-0.2, 0) is 0 Å². The summed E-state index contributed by atoms with van der Waals surface area (Å²) in [7, 11) is 0. The van der Waals surface area contributed by atoms with Gasteiger partial charge in [0, 0.05) is 17.3 Å². The molecule has 0 amide bonds. The van der Waals surface area contributed by atoms with Crippen molar-refractivity contribution in [3.63, 3.8) is 0 Å². The second-order valence-corrected chi connectivity index (χ2v) is 4.45. The van der Waals surface area contributed by atoms with Gasteiger partial charge in [-0.3, -0.25) is 4.98 Å². The molecule has 0 bridgehead atoms. The minimum atomic E-state index is -1.09. The van der Waals surface area contributed by atoms with E-state index in [1.54, 1.807) is 12.1 Å². The number of hydrogen-bond donors (Lipinski definition) is 2. The summed E-state index contributed by atoms with van der Waals surface area (Å²) in [5.41, 5.74) is 5.98. The van der Waals surface area contributed by atoms with E-state index in [0.29, 0.717) is 5.39 Å². The fraction of sp³-hybridized carbons (Fsp3) is 0. The van der Waals surface area contributed by atoms with Crippen LogP contribution in [0.5, 0.6) is 0 Å². The van der Waals surface area contributed by atoms with E-state index in [2.05, 4.69) is 10.3 Å². The molecule has 21 heavy (non-hydrogen) atoms. The number of nitrogens with zero attached hydrogens (tertiary/aromatic N) is 1. The first-order valence-electron chi connectivity index (χ1n) is 6.11. The van der Waals surface area contributed by atoms with Crippen molar-refractivity contribution in [2.75, 3.05) is 11.1 Å². The van der Waals surface area contributed by atoms with E-state index in [1.807, 2.05) is 0 Å². The molecular weight excluding hydrogens is 279 g/mol. The number of nitrogens with one attached hydrogen (secondary N) is 1. The van der Waals surface area contributed by atoms with Gasteiger partial charge in [-0.25, -0.2) is 13.2 Å². The summed E-state index contributed by atoms with van der Waals surface area (Å²) in [5.74, 6) is -2.80. The van der Waals surface area contributed by atoms with Crippen molar-refractivity contribution in [1.29, 1.82) is 0 Å². The SMILES string of the molecule is Nc1cc(F)c(Nc2cccc(F)c2F)c2ncccc12. The summed E-state index contributed by atoms with van der Waals surface area (Å²) in [5, 5.41) is 3.07. The predicted molar refractivity (Wildman–Crippen MR) is 75.8 cm³/mol.